The van der Waals surface area contributed by atoms with E-state index in [1.165, 1.54) is 6.92 Å². The summed E-state index contributed by atoms with van der Waals surface area (Å²) in [5.41, 5.74) is 0. The van der Waals surface area contributed by atoms with E-state index in [1.807, 2.05) is 0 Å². The van der Waals surface area contributed by atoms with Crippen molar-refractivity contribution in [1.29, 1.82) is 0 Å². The maximum absolute atomic E-state index is 12.8. The number of fused-ring (bicyclic) bond motifs is 1. The Hall–Kier alpha value is -1.44. The minimum Gasteiger partial charge on any atom is -0.352 e. The summed E-state index contributed by atoms with van der Waals surface area (Å²) in [6, 6.07) is 0.107. The van der Waals surface area contributed by atoms with Gasteiger partial charge in [0.25, 0.3) is 5.16 Å². The minimum absolute atomic E-state index is 0.0523. The zero-order valence-electron chi connectivity index (χ0n) is 13.5. The highest BCUT2D eigenvalue weighted by Gasteiger charge is 2.36. The molecule has 0 bridgehead atoms. The topological polar surface area (TPSA) is 93.9 Å². The van der Waals surface area contributed by atoms with E-state index in [4.69, 9.17) is 0 Å². The Morgan fingerprint density at radius 3 is 2.65 bits per heavy atom. The first-order chi connectivity index (χ1) is 11.0. The van der Waals surface area contributed by atoms with Crippen LogP contribution in [0.15, 0.2) is 5.16 Å². The Morgan fingerprint density at radius 1 is 1.17 bits per heavy atom. The lowest BCUT2D eigenvalue weighted by molar-refractivity contribution is -0.121. The number of hydrogen-bond donors (Lipinski definition) is 1. The molecule has 1 aliphatic heterocycles. The van der Waals surface area contributed by atoms with Crippen LogP contribution in [0.2, 0.25) is 0 Å². The lowest BCUT2D eigenvalue weighted by Gasteiger charge is -2.17. The summed E-state index contributed by atoms with van der Waals surface area (Å²) in [5.74, 6) is 0.285. The van der Waals surface area contributed by atoms with Gasteiger partial charge < -0.3 is 9.88 Å². The third-order valence-electron chi connectivity index (χ3n) is 4.87. The highest BCUT2D eigenvalue weighted by atomic mass is 32.2. The molecule has 3 rings (SSSR count). The van der Waals surface area contributed by atoms with E-state index in [9.17, 15) is 13.2 Å². The van der Waals surface area contributed by atoms with Gasteiger partial charge in [-0.15, -0.1) is 10.2 Å². The van der Waals surface area contributed by atoms with Crippen LogP contribution in [0.25, 0.3) is 0 Å². The second kappa shape index (κ2) is 6.59. The number of amides is 1. The molecule has 23 heavy (non-hydrogen) atoms. The van der Waals surface area contributed by atoms with Gasteiger partial charge in [-0.05, 0) is 32.6 Å². The van der Waals surface area contributed by atoms with Gasteiger partial charge in [0.2, 0.25) is 15.7 Å². The zero-order valence-corrected chi connectivity index (χ0v) is 14.3. The Kier molecular flexibility index (Phi) is 4.70. The van der Waals surface area contributed by atoms with Crippen molar-refractivity contribution < 1.29 is 13.2 Å². The molecule has 1 atom stereocenters. The van der Waals surface area contributed by atoms with Crippen molar-refractivity contribution in [2.24, 2.45) is 0 Å². The van der Waals surface area contributed by atoms with Gasteiger partial charge >= 0.3 is 0 Å². The molecule has 0 spiro atoms. The molecule has 2 aliphatic rings. The third kappa shape index (κ3) is 3.27. The summed E-state index contributed by atoms with van der Waals surface area (Å²) in [6.07, 6.45) is 7.74. The van der Waals surface area contributed by atoms with Gasteiger partial charge in [-0.25, -0.2) is 8.42 Å². The summed E-state index contributed by atoms with van der Waals surface area (Å²) in [5, 5.41) is 9.59. The molecule has 1 aromatic rings. The van der Waals surface area contributed by atoms with Crippen LogP contribution in [0.1, 0.15) is 57.7 Å². The summed E-state index contributed by atoms with van der Waals surface area (Å²) in [7, 11) is -3.82. The Balaban J connectivity index is 1.80. The van der Waals surface area contributed by atoms with E-state index < -0.39 is 21.0 Å². The molecule has 1 unspecified atom stereocenters. The number of carbonyl (C=O) groups is 1. The normalized spacial score (nSPS) is 20.7. The smallest absolute Gasteiger partial charge is 0.250 e. The van der Waals surface area contributed by atoms with Crippen LogP contribution in [0.5, 0.6) is 0 Å². The molecule has 1 aliphatic carbocycles. The minimum atomic E-state index is -3.82. The standard InChI is InChI=1S/C15H24N4O3S/c1-11(14(20)16-12-7-4-5-8-12)23(21,22)15-18-17-13-9-3-2-6-10-19(13)15/h11-12H,2-10H2,1H3,(H,16,20). The number of nitrogens with zero attached hydrogens (tertiary/aromatic N) is 3. The quantitative estimate of drug-likeness (QED) is 0.889. The zero-order chi connectivity index (χ0) is 16.4. The number of rotatable bonds is 4. The molecule has 1 N–H and O–H groups in total. The SMILES string of the molecule is CC(C(=O)NC1CCCC1)S(=O)(=O)c1nnc2n1CCCCC2. The number of sulfone groups is 1. The predicted octanol–water partition coefficient (Wildman–Crippen LogP) is 1.23. The number of nitrogens with one attached hydrogen (secondary N) is 1. The maximum atomic E-state index is 12.8. The van der Waals surface area contributed by atoms with Crippen LogP contribution in [0.3, 0.4) is 0 Å². The van der Waals surface area contributed by atoms with Gasteiger partial charge in [-0.2, -0.15) is 0 Å². The van der Waals surface area contributed by atoms with Crippen LogP contribution in [-0.4, -0.2) is 40.4 Å². The van der Waals surface area contributed by atoms with Crippen LogP contribution in [0, 0.1) is 0 Å². The van der Waals surface area contributed by atoms with Crippen LogP contribution in [-0.2, 0) is 27.6 Å². The summed E-state index contributed by atoms with van der Waals surface area (Å²) in [4.78, 5) is 12.3. The molecule has 1 saturated carbocycles. The van der Waals surface area contributed by atoms with Crippen LogP contribution in [0.4, 0.5) is 0 Å². The van der Waals surface area contributed by atoms with Crippen molar-refractivity contribution in [3.63, 3.8) is 0 Å². The van der Waals surface area contributed by atoms with Crippen molar-refractivity contribution in [2.75, 3.05) is 0 Å². The fraction of sp³-hybridized carbons (Fsp3) is 0.800. The average molecular weight is 340 g/mol. The van der Waals surface area contributed by atoms with Crippen molar-refractivity contribution in [3.8, 4) is 0 Å². The van der Waals surface area contributed by atoms with E-state index in [-0.39, 0.29) is 11.2 Å². The monoisotopic (exact) mass is 340 g/mol. The molecule has 128 valence electrons. The Morgan fingerprint density at radius 2 is 1.91 bits per heavy atom. The molecular weight excluding hydrogens is 316 g/mol. The Bertz CT molecular complexity index is 677. The first-order valence-electron chi connectivity index (χ1n) is 8.46. The molecule has 8 heteroatoms. The largest absolute Gasteiger partial charge is 0.352 e. The van der Waals surface area contributed by atoms with Gasteiger partial charge in [0.1, 0.15) is 11.1 Å². The first kappa shape index (κ1) is 16.4. The molecule has 0 radical (unpaired) electrons. The molecule has 2 heterocycles. The van der Waals surface area contributed by atoms with E-state index in [1.54, 1.807) is 4.57 Å². The molecule has 1 aromatic heterocycles. The van der Waals surface area contributed by atoms with E-state index in [0.29, 0.717) is 12.4 Å². The van der Waals surface area contributed by atoms with Gasteiger partial charge in [-0.3, -0.25) is 4.79 Å². The van der Waals surface area contributed by atoms with Gasteiger partial charge in [0.05, 0.1) is 0 Å². The molecular formula is C15H24N4O3S. The first-order valence-corrected chi connectivity index (χ1v) is 10.0. The number of carbonyl (C=O) groups excluding carboxylic acids is 1. The van der Waals surface area contributed by atoms with Gasteiger partial charge in [0.15, 0.2) is 0 Å². The van der Waals surface area contributed by atoms with Crippen molar-refractivity contribution in [3.05, 3.63) is 5.82 Å². The molecule has 7 nitrogen and oxygen atoms in total. The van der Waals surface area contributed by atoms with Gasteiger partial charge in [0, 0.05) is 19.0 Å². The fourth-order valence-electron chi connectivity index (χ4n) is 3.36. The van der Waals surface area contributed by atoms with Gasteiger partial charge in [-0.1, -0.05) is 19.3 Å². The van der Waals surface area contributed by atoms with E-state index >= 15 is 0 Å². The summed E-state index contributed by atoms with van der Waals surface area (Å²) < 4.78 is 27.3. The third-order valence-corrected chi connectivity index (χ3v) is 6.82. The maximum Gasteiger partial charge on any atom is 0.250 e. The second-order valence-corrected chi connectivity index (χ2v) is 8.70. The second-order valence-electron chi connectivity index (χ2n) is 6.54. The lowest BCUT2D eigenvalue weighted by atomic mass is 10.2. The highest BCUT2D eigenvalue weighted by Crippen LogP contribution is 2.22. The molecule has 0 aromatic carbocycles. The summed E-state index contributed by atoms with van der Waals surface area (Å²) >= 11 is 0. The Labute approximate surface area is 136 Å². The summed E-state index contributed by atoms with van der Waals surface area (Å²) in [6.45, 7) is 2.05. The van der Waals surface area contributed by atoms with Crippen LogP contribution < -0.4 is 5.32 Å². The number of aromatic nitrogens is 3. The average Bonchev–Trinajstić information content (AvgIpc) is 3.12. The number of aryl methyl sites for hydroxylation is 1. The van der Waals surface area contributed by atoms with E-state index in [0.717, 1.165) is 51.4 Å². The van der Waals surface area contributed by atoms with Crippen molar-refractivity contribution in [2.45, 2.75) is 81.3 Å². The fourth-order valence-corrected chi connectivity index (χ4v) is 4.68. The lowest BCUT2D eigenvalue weighted by Crippen LogP contribution is -2.43. The van der Waals surface area contributed by atoms with Crippen LogP contribution >= 0.6 is 0 Å². The number of hydrogen-bond acceptors (Lipinski definition) is 5. The highest BCUT2D eigenvalue weighted by molar-refractivity contribution is 7.92. The predicted molar refractivity (Wildman–Crippen MR) is 84.6 cm³/mol. The van der Waals surface area contributed by atoms with E-state index in [2.05, 4.69) is 15.5 Å². The molecule has 0 saturated heterocycles. The van der Waals surface area contributed by atoms with Crippen molar-refractivity contribution in [1.82, 2.24) is 20.1 Å². The van der Waals surface area contributed by atoms with Crippen molar-refractivity contribution >= 4 is 15.7 Å². The molecule has 1 amide bonds. The molecule has 1 fully saturated rings.